The van der Waals surface area contributed by atoms with E-state index in [4.69, 9.17) is 16.7 Å². The van der Waals surface area contributed by atoms with Gasteiger partial charge in [-0.2, -0.15) is 0 Å². The molecular formula is C13H12ClNO4. The normalized spacial score (nSPS) is 12.6. The first-order chi connectivity index (χ1) is 8.91. The third kappa shape index (κ3) is 2.47. The molecule has 0 radical (unpaired) electrons. The van der Waals surface area contributed by atoms with Crippen LogP contribution >= 0.6 is 11.6 Å². The highest BCUT2D eigenvalue weighted by Crippen LogP contribution is 2.24. The van der Waals surface area contributed by atoms with Gasteiger partial charge in [-0.05, 0) is 25.1 Å². The quantitative estimate of drug-likeness (QED) is 0.898. The standard InChI is InChI=1S/C13H12ClNO4/c1-7(16)6-15-5-4-8-9(12(15)17)2-3-10(14)11(8)13(18)19/h2-5,7,16H,6H2,1H3,(H,18,19)/t7-/m1/s1. The van der Waals surface area contributed by atoms with E-state index in [0.29, 0.717) is 5.39 Å². The van der Waals surface area contributed by atoms with E-state index in [1.807, 2.05) is 0 Å². The fraction of sp³-hybridized carbons (Fsp3) is 0.231. The number of carbonyl (C=O) groups is 1. The number of rotatable bonds is 3. The van der Waals surface area contributed by atoms with Crippen molar-refractivity contribution in [2.24, 2.45) is 0 Å². The molecule has 5 nitrogen and oxygen atoms in total. The first-order valence-electron chi connectivity index (χ1n) is 5.65. The Balaban J connectivity index is 2.76. The Labute approximate surface area is 113 Å². The lowest BCUT2D eigenvalue weighted by molar-refractivity contribution is 0.0699. The average Bonchev–Trinajstić information content (AvgIpc) is 2.31. The fourth-order valence-electron chi connectivity index (χ4n) is 1.99. The number of hydrogen-bond donors (Lipinski definition) is 2. The molecular weight excluding hydrogens is 270 g/mol. The minimum absolute atomic E-state index is 0.0829. The van der Waals surface area contributed by atoms with Crippen molar-refractivity contribution in [3.8, 4) is 0 Å². The number of pyridine rings is 1. The molecule has 1 aromatic carbocycles. The first-order valence-corrected chi connectivity index (χ1v) is 6.02. The van der Waals surface area contributed by atoms with Crippen molar-refractivity contribution in [2.75, 3.05) is 0 Å². The van der Waals surface area contributed by atoms with Crippen molar-refractivity contribution < 1.29 is 15.0 Å². The van der Waals surface area contributed by atoms with Gasteiger partial charge in [0.2, 0.25) is 0 Å². The number of aliphatic hydroxyl groups excluding tert-OH is 1. The van der Waals surface area contributed by atoms with Gasteiger partial charge < -0.3 is 14.8 Å². The molecule has 0 fully saturated rings. The van der Waals surface area contributed by atoms with Crippen LogP contribution in [-0.2, 0) is 6.54 Å². The maximum Gasteiger partial charge on any atom is 0.337 e. The maximum absolute atomic E-state index is 12.2. The smallest absolute Gasteiger partial charge is 0.337 e. The predicted molar refractivity (Wildman–Crippen MR) is 71.9 cm³/mol. The Morgan fingerprint density at radius 3 is 2.63 bits per heavy atom. The summed E-state index contributed by atoms with van der Waals surface area (Å²) < 4.78 is 1.34. The van der Waals surface area contributed by atoms with Crippen LogP contribution in [0.1, 0.15) is 17.3 Å². The summed E-state index contributed by atoms with van der Waals surface area (Å²) in [4.78, 5) is 23.3. The Morgan fingerprint density at radius 2 is 2.05 bits per heavy atom. The average molecular weight is 282 g/mol. The van der Waals surface area contributed by atoms with Crippen LogP contribution in [0.15, 0.2) is 29.2 Å². The Kier molecular flexibility index (Phi) is 3.59. The third-order valence-electron chi connectivity index (χ3n) is 2.78. The number of aromatic nitrogens is 1. The molecule has 1 atom stereocenters. The molecule has 2 rings (SSSR count). The van der Waals surface area contributed by atoms with Crippen molar-refractivity contribution in [3.63, 3.8) is 0 Å². The van der Waals surface area contributed by atoms with E-state index in [-0.39, 0.29) is 28.1 Å². The number of hydrogen-bond acceptors (Lipinski definition) is 3. The zero-order valence-corrected chi connectivity index (χ0v) is 10.9. The third-order valence-corrected chi connectivity index (χ3v) is 3.10. The SMILES string of the molecule is C[C@@H](O)Cn1ccc2c(C(=O)O)c(Cl)ccc2c1=O. The van der Waals surface area contributed by atoms with Crippen molar-refractivity contribution >= 4 is 28.3 Å². The lowest BCUT2D eigenvalue weighted by Gasteiger charge is -2.10. The van der Waals surface area contributed by atoms with Crippen LogP contribution in [0.4, 0.5) is 0 Å². The van der Waals surface area contributed by atoms with Gasteiger partial charge in [-0.1, -0.05) is 11.6 Å². The second-order valence-electron chi connectivity index (χ2n) is 4.31. The van der Waals surface area contributed by atoms with Gasteiger partial charge in [0, 0.05) is 17.0 Å². The number of nitrogens with zero attached hydrogens (tertiary/aromatic N) is 1. The molecule has 0 amide bonds. The molecule has 1 heterocycles. The van der Waals surface area contributed by atoms with Crippen LogP contribution < -0.4 is 5.56 Å². The molecule has 0 aliphatic carbocycles. The van der Waals surface area contributed by atoms with Crippen LogP contribution in [0.3, 0.4) is 0 Å². The second kappa shape index (κ2) is 5.03. The van der Waals surface area contributed by atoms with E-state index in [0.717, 1.165) is 0 Å². The van der Waals surface area contributed by atoms with Crippen LogP contribution in [0, 0.1) is 0 Å². The van der Waals surface area contributed by atoms with Gasteiger partial charge in [-0.15, -0.1) is 0 Å². The van der Waals surface area contributed by atoms with E-state index in [1.54, 1.807) is 6.92 Å². The molecule has 6 heteroatoms. The molecule has 2 N–H and O–H groups in total. The van der Waals surface area contributed by atoms with Gasteiger partial charge in [0.15, 0.2) is 0 Å². The van der Waals surface area contributed by atoms with Crippen molar-refractivity contribution in [1.29, 1.82) is 0 Å². The number of carboxylic acid groups (broad SMARTS) is 1. The Hall–Kier alpha value is -1.85. The van der Waals surface area contributed by atoms with E-state index >= 15 is 0 Å². The minimum atomic E-state index is -1.18. The summed E-state index contributed by atoms with van der Waals surface area (Å²) in [6.45, 7) is 1.72. The molecule has 0 bridgehead atoms. The monoisotopic (exact) mass is 281 g/mol. The number of halogens is 1. The molecule has 1 aromatic heterocycles. The van der Waals surface area contributed by atoms with Crippen LogP contribution in [0.25, 0.3) is 10.8 Å². The molecule has 0 unspecified atom stereocenters. The summed E-state index contributed by atoms with van der Waals surface area (Å²) in [5.74, 6) is -1.18. The van der Waals surface area contributed by atoms with Crippen molar-refractivity contribution in [2.45, 2.75) is 19.6 Å². The topological polar surface area (TPSA) is 79.5 Å². The van der Waals surface area contributed by atoms with Gasteiger partial charge >= 0.3 is 5.97 Å². The van der Waals surface area contributed by atoms with Crippen molar-refractivity contribution in [1.82, 2.24) is 4.57 Å². The Bertz CT molecular complexity index is 706. The predicted octanol–water partition coefficient (Wildman–Crippen LogP) is 1.73. The largest absolute Gasteiger partial charge is 0.478 e. The summed E-state index contributed by atoms with van der Waals surface area (Å²) in [7, 11) is 0. The number of aromatic carboxylic acids is 1. The molecule has 0 saturated carbocycles. The van der Waals surface area contributed by atoms with E-state index in [9.17, 15) is 14.7 Å². The summed E-state index contributed by atoms with van der Waals surface area (Å²) in [5, 5.41) is 19.1. The number of fused-ring (bicyclic) bond motifs is 1. The van der Waals surface area contributed by atoms with E-state index < -0.39 is 12.1 Å². The van der Waals surface area contributed by atoms with Gasteiger partial charge in [0.05, 0.1) is 23.2 Å². The highest BCUT2D eigenvalue weighted by atomic mass is 35.5. The summed E-state index contributed by atoms with van der Waals surface area (Å²) >= 11 is 5.84. The summed E-state index contributed by atoms with van der Waals surface area (Å²) in [5.41, 5.74) is -0.432. The fourth-order valence-corrected chi connectivity index (χ4v) is 2.23. The number of carboxylic acids is 1. The summed E-state index contributed by atoms with van der Waals surface area (Å²) in [6, 6.07) is 4.40. The molecule has 0 spiro atoms. The first kappa shape index (κ1) is 13.6. The zero-order valence-electron chi connectivity index (χ0n) is 10.1. The van der Waals surface area contributed by atoms with Crippen molar-refractivity contribution in [3.05, 3.63) is 45.3 Å². The van der Waals surface area contributed by atoms with Crippen LogP contribution in [0.5, 0.6) is 0 Å². The Morgan fingerprint density at radius 1 is 1.37 bits per heavy atom. The lowest BCUT2D eigenvalue weighted by atomic mass is 10.1. The molecule has 0 saturated heterocycles. The maximum atomic E-state index is 12.2. The van der Waals surface area contributed by atoms with Gasteiger partial charge in [-0.25, -0.2) is 4.79 Å². The van der Waals surface area contributed by atoms with Gasteiger partial charge in [-0.3, -0.25) is 4.79 Å². The van der Waals surface area contributed by atoms with Gasteiger partial charge in [0.1, 0.15) is 0 Å². The lowest BCUT2D eigenvalue weighted by Crippen LogP contribution is -2.25. The second-order valence-corrected chi connectivity index (χ2v) is 4.72. The number of benzene rings is 1. The van der Waals surface area contributed by atoms with E-state index in [2.05, 4.69) is 0 Å². The van der Waals surface area contributed by atoms with E-state index in [1.165, 1.54) is 29.0 Å². The van der Waals surface area contributed by atoms with Gasteiger partial charge in [0.25, 0.3) is 5.56 Å². The summed E-state index contributed by atoms with van der Waals surface area (Å²) in [6.07, 6.45) is 0.793. The highest BCUT2D eigenvalue weighted by molar-refractivity contribution is 6.35. The molecule has 19 heavy (non-hydrogen) atoms. The molecule has 0 aliphatic heterocycles. The highest BCUT2D eigenvalue weighted by Gasteiger charge is 2.15. The van der Waals surface area contributed by atoms with Crippen LogP contribution in [-0.4, -0.2) is 26.9 Å². The number of aliphatic hydroxyl groups is 1. The molecule has 2 aromatic rings. The van der Waals surface area contributed by atoms with Crippen LogP contribution in [0.2, 0.25) is 5.02 Å². The minimum Gasteiger partial charge on any atom is -0.478 e. The molecule has 0 aliphatic rings. The molecule has 100 valence electrons. The zero-order chi connectivity index (χ0) is 14.2.